The lowest BCUT2D eigenvalue weighted by Crippen LogP contribution is -2.11. The Labute approximate surface area is 92.4 Å². The second kappa shape index (κ2) is 4.44. The van der Waals surface area contributed by atoms with Gasteiger partial charge in [-0.2, -0.15) is 0 Å². The first-order valence-electron chi connectivity index (χ1n) is 4.40. The van der Waals surface area contributed by atoms with E-state index < -0.39 is 9.84 Å². The number of imidazole rings is 1. The summed E-state index contributed by atoms with van der Waals surface area (Å²) in [4.78, 5) is 4.12. The van der Waals surface area contributed by atoms with Crippen LogP contribution in [0.2, 0.25) is 0 Å². The Morgan fingerprint density at radius 3 is 2.64 bits per heavy atom. The normalized spacial score (nSPS) is 11.9. The van der Waals surface area contributed by atoms with Crippen molar-refractivity contribution in [2.75, 3.05) is 5.75 Å². The van der Waals surface area contributed by atoms with Gasteiger partial charge in [-0.1, -0.05) is 6.92 Å². The molecule has 80 valence electrons. The van der Waals surface area contributed by atoms with Crippen molar-refractivity contribution in [2.45, 2.75) is 26.1 Å². The highest BCUT2D eigenvalue weighted by atomic mass is 79.9. The quantitative estimate of drug-likeness (QED) is 0.842. The highest BCUT2D eigenvalue weighted by Gasteiger charge is 2.14. The average molecular weight is 281 g/mol. The second-order valence-electron chi connectivity index (χ2n) is 2.94. The molecule has 0 saturated carbocycles. The fourth-order valence-electron chi connectivity index (χ4n) is 1.11. The van der Waals surface area contributed by atoms with Gasteiger partial charge >= 0.3 is 0 Å². The molecule has 0 N–H and O–H groups in total. The molecule has 0 fully saturated rings. The first kappa shape index (κ1) is 11.7. The van der Waals surface area contributed by atoms with Crippen molar-refractivity contribution in [1.29, 1.82) is 0 Å². The minimum Gasteiger partial charge on any atom is -0.333 e. The minimum absolute atomic E-state index is 0.0168. The SMILES string of the molecule is CCn1cc(Br)nc1CS(=O)(=O)CC. The Morgan fingerprint density at radius 1 is 1.50 bits per heavy atom. The van der Waals surface area contributed by atoms with Gasteiger partial charge in [0.2, 0.25) is 0 Å². The van der Waals surface area contributed by atoms with E-state index in [-0.39, 0.29) is 11.5 Å². The van der Waals surface area contributed by atoms with Crippen molar-refractivity contribution < 1.29 is 8.42 Å². The number of sulfone groups is 1. The van der Waals surface area contributed by atoms with E-state index in [2.05, 4.69) is 20.9 Å². The Hall–Kier alpha value is -0.360. The van der Waals surface area contributed by atoms with Crippen molar-refractivity contribution in [1.82, 2.24) is 9.55 Å². The van der Waals surface area contributed by atoms with Gasteiger partial charge in [0.15, 0.2) is 9.84 Å². The predicted octanol–water partition coefficient (Wildman–Crippen LogP) is 1.60. The molecule has 14 heavy (non-hydrogen) atoms. The molecule has 0 aliphatic rings. The smallest absolute Gasteiger partial charge is 0.157 e. The summed E-state index contributed by atoms with van der Waals surface area (Å²) >= 11 is 3.23. The molecule has 4 nitrogen and oxygen atoms in total. The molecule has 0 spiro atoms. The van der Waals surface area contributed by atoms with E-state index >= 15 is 0 Å². The fourth-order valence-corrected chi connectivity index (χ4v) is 2.39. The van der Waals surface area contributed by atoms with E-state index in [1.807, 2.05) is 11.5 Å². The van der Waals surface area contributed by atoms with Crippen molar-refractivity contribution in [3.8, 4) is 0 Å². The number of aromatic nitrogens is 2. The molecule has 0 bridgehead atoms. The van der Waals surface area contributed by atoms with Gasteiger partial charge in [-0.15, -0.1) is 0 Å². The van der Waals surface area contributed by atoms with Gasteiger partial charge in [0.1, 0.15) is 16.2 Å². The maximum atomic E-state index is 11.4. The number of halogens is 1. The largest absolute Gasteiger partial charge is 0.333 e. The van der Waals surface area contributed by atoms with Crippen molar-refractivity contribution >= 4 is 25.8 Å². The highest BCUT2D eigenvalue weighted by molar-refractivity contribution is 9.10. The summed E-state index contributed by atoms with van der Waals surface area (Å²) in [5, 5.41) is 0. The van der Waals surface area contributed by atoms with E-state index in [0.717, 1.165) is 6.54 Å². The summed E-state index contributed by atoms with van der Waals surface area (Å²) in [6.07, 6.45) is 1.79. The van der Waals surface area contributed by atoms with Crippen LogP contribution in [0.3, 0.4) is 0 Å². The lowest BCUT2D eigenvalue weighted by molar-refractivity contribution is 0.592. The van der Waals surface area contributed by atoms with Gasteiger partial charge in [-0.05, 0) is 22.9 Å². The zero-order chi connectivity index (χ0) is 10.8. The molecule has 0 radical (unpaired) electrons. The Kier molecular flexibility index (Phi) is 3.71. The highest BCUT2D eigenvalue weighted by Crippen LogP contribution is 2.12. The van der Waals surface area contributed by atoms with Crippen LogP contribution in [0.5, 0.6) is 0 Å². The van der Waals surface area contributed by atoms with Crippen LogP contribution in [-0.4, -0.2) is 23.7 Å². The third kappa shape index (κ3) is 2.81. The number of aryl methyl sites for hydroxylation is 1. The maximum absolute atomic E-state index is 11.4. The molecule has 0 saturated heterocycles. The molecule has 1 rings (SSSR count). The minimum atomic E-state index is -3.00. The summed E-state index contributed by atoms with van der Waals surface area (Å²) in [5.41, 5.74) is 0. The number of hydrogen-bond donors (Lipinski definition) is 0. The molecule has 0 unspecified atom stereocenters. The average Bonchev–Trinajstić information content (AvgIpc) is 2.45. The molecular formula is C8H13BrN2O2S. The third-order valence-corrected chi connectivity index (χ3v) is 3.92. The third-order valence-electron chi connectivity index (χ3n) is 1.96. The van der Waals surface area contributed by atoms with Crippen molar-refractivity contribution in [3.63, 3.8) is 0 Å². The van der Waals surface area contributed by atoms with Gasteiger partial charge in [-0.3, -0.25) is 0 Å². The van der Waals surface area contributed by atoms with Gasteiger partial charge in [0, 0.05) is 18.5 Å². The molecule has 0 aliphatic heterocycles. The number of hydrogen-bond acceptors (Lipinski definition) is 3. The van der Waals surface area contributed by atoms with Crippen LogP contribution in [0, 0.1) is 0 Å². The summed E-state index contributed by atoms with van der Waals surface area (Å²) in [5.74, 6) is 0.769. The van der Waals surface area contributed by atoms with Crippen molar-refractivity contribution in [3.05, 3.63) is 16.6 Å². The standard InChI is InChI=1S/C8H13BrN2O2S/c1-3-11-5-7(9)10-8(11)6-14(12,13)4-2/h5H,3-4,6H2,1-2H3. The molecule has 0 aromatic carbocycles. The summed E-state index contributed by atoms with van der Waals surface area (Å²) < 4.78 is 25.3. The molecule has 1 heterocycles. The van der Waals surface area contributed by atoms with Crippen LogP contribution >= 0.6 is 15.9 Å². The predicted molar refractivity (Wildman–Crippen MR) is 58.8 cm³/mol. The van der Waals surface area contributed by atoms with Crippen molar-refractivity contribution in [2.24, 2.45) is 0 Å². The zero-order valence-electron chi connectivity index (χ0n) is 8.20. The lowest BCUT2D eigenvalue weighted by Gasteiger charge is -2.03. The van der Waals surface area contributed by atoms with Gasteiger partial charge in [0.05, 0.1) is 0 Å². The van der Waals surface area contributed by atoms with E-state index in [0.29, 0.717) is 10.4 Å². The molecule has 1 aromatic heterocycles. The molecule has 1 aromatic rings. The van der Waals surface area contributed by atoms with E-state index in [9.17, 15) is 8.42 Å². The van der Waals surface area contributed by atoms with Crippen LogP contribution in [0.25, 0.3) is 0 Å². The lowest BCUT2D eigenvalue weighted by atomic mass is 10.6. The second-order valence-corrected chi connectivity index (χ2v) is 6.11. The molecule has 0 amide bonds. The monoisotopic (exact) mass is 280 g/mol. The van der Waals surface area contributed by atoms with E-state index in [1.54, 1.807) is 13.1 Å². The number of nitrogens with zero attached hydrogens (tertiary/aromatic N) is 2. The van der Waals surface area contributed by atoms with Crippen LogP contribution in [0.4, 0.5) is 0 Å². The summed E-state index contributed by atoms with van der Waals surface area (Å²) in [6, 6.07) is 0. The van der Waals surface area contributed by atoms with Crippen LogP contribution in [0.1, 0.15) is 19.7 Å². The van der Waals surface area contributed by atoms with Gasteiger partial charge < -0.3 is 4.57 Å². The Morgan fingerprint density at radius 2 is 2.14 bits per heavy atom. The molecular weight excluding hydrogens is 268 g/mol. The van der Waals surface area contributed by atoms with Gasteiger partial charge in [-0.25, -0.2) is 13.4 Å². The first-order valence-corrected chi connectivity index (χ1v) is 7.02. The van der Waals surface area contributed by atoms with Crippen LogP contribution in [0.15, 0.2) is 10.8 Å². The van der Waals surface area contributed by atoms with Crippen LogP contribution < -0.4 is 0 Å². The molecule has 6 heteroatoms. The summed E-state index contributed by atoms with van der Waals surface area (Å²) in [6.45, 7) is 4.33. The zero-order valence-corrected chi connectivity index (χ0v) is 10.6. The number of rotatable bonds is 4. The Bertz CT molecular complexity index is 411. The topological polar surface area (TPSA) is 52.0 Å². The maximum Gasteiger partial charge on any atom is 0.157 e. The van der Waals surface area contributed by atoms with Gasteiger partial charge in [0.25, 0.3) is 0 Å². The van der Waals surface area contributed by atoms with E-state index in [1.165, 1.54) is 0 Å². The first-order chi connectivity index (χ1) is 6.48. The molecule has 0 aliphatic carbocycles. The van der Waals surface area contributed by atoms with E-state index in [4.69, 9.17) is 0 Å². The molecule has 0 atom stereocenters. The fraction of sp³-hybridized carbons (Fsp3) is 0.625. The van der Waals surface area contributed by atoms with Crippen LogP contribution in [-0.2, 0) is 22.1 Å². The Balaban J connectivity index is 2.96. The summed E-state index contributed by atoms with van der Waals surface area (Å²) in [7, 11) is -3.00.